The number of carbonyl (C=O) groups excluding carboxylic acids is 1. The molecule has 3 aliphatic rings. The highest BCUT2D eigenvalue weighted by atomic mass is 32.1. The van der Waals surface area contributed by atoms with Gasteiger partial charge in [0.15, 0.2) is 0 Å². The summed E-state index contributed by atoms with van der Waals surface area (Å²) >= 11 is 1.74. The van der Waals surface area contributed by atoms with Crippen molar-refractivity contribution in [3.8, 4) is 0 Å². The van der Waals surface area contributed by atoms with Crippen LogP contribution < -0.4 is 5.32 Å². The molecule has 2 heterocycles. The molecule has 3 nitrogen and oxygen atoms in total. The third-order valence-electron chi connectivity index (χ3n) is 5.13. The zero-order valence-corrected chi connectivity index (χ0v) is 13.4. The minimum Gasteiger partial charge on any atom is -0.338 e. The van der Waals surface area contributed by atoms with Crippen LogP contribution in [0.5, 0.6) is 0 Å². The second-order valence-corrected chi connectivity index (χ2v) is 7.97. The molecule has 21 heavy (non-hydrogen) atoms. The maximum Gasteiger partial charge on any atom is 0.263 e. The van der Waals surface area contributed by atoms with E-state index in [1.54, 1.807) is 11.3 Å². The van der Waals surface area contributed by atoms with Crippen LogP contribution in [0.4, 0.5) is 0 Å². The Balaban J connectivity index is 1.31. The van der Waals surface area contributed by atoms with Crippen LogP contribution in [0.3, 0.4) is 0 Å². The van der Waals surface area contributed by atoms with Crippen LogP contribution >= 0.6 is 11.3 Å². The Morgan fingerprint density at radius 3 is 2.76 bits per heavy atom. The van der Waals surface area contributed by atoms with Crippen LogP contribution in [0.1, 0.15) is 52.2 Å². The summed E-state index contributed by atoms with van der Waals surface area (Å²) in [6, 6.07) is 2.79. The Morgan fingerprint density at radius 1 is 1.24 bits per heavy atom. The predicted molar refractivity (Wildman–Crippen MR) is 86.0 cm³/mol. The van der Waals surface area contributed by atoms with Crippen molar-refractivity contribution in [1.82, 2.24) is 10.2 Å². The first kappa shape index (κ1) is 13.8. The number of aryl methyl sites for hydroxylation is 2. The minimum atomic E-state index is 0.273. The summed E-state index contributed by atoms with van der Waals surface area (Å²) in [6.07, 6.45) is 8.67. The van der Waals surface area contributed by atoms with Crippen molar-refractivity contribution in [2.45, 2.75) is 51.0 Å². The number of likely N-dealkylation sites (tertiary alicyclic amines) is 1. The molecule has 2 fully saturated rings. The Hall–Kier alpha value is -0.870. The molecule has 1 amide bonds. The Kier molecular flexibility index (Phi) is 3.76. The molecule has 1 aromatic heterocycles. The topological polar surface area (TPSA) is 32.3 Å². The lowest BCUT2D eigenvalue weighted by Gasteiger charge is -2.32. The van der Waals surface area contributed by atoms with Gasteiger partial charge in [-0.3, -0.25) is 4.79 Å². The second-order valence-electron chi connectivity index (χ2n) is 6.83. The summed E-state index contributed by atoms with van der Waals surface area (Å²) in [6.45, 7) is 3.03. The summed E-state index contributed by atoms with van der Waals surface area (Å²) in [4.78, 5) is 17.1. The van der Waals surface area contributed by atoms with Crippen LogP contribution in [0.15, 0.2) is 6.07 Å². The SMILES string of the molecule is O=C(c1cc2c(s1)CCC2)N1CCC(NCC2CC2)CC1. The highest BCUT2D eigenvalue weighted by molar-refractivity contribution is 7.14. The van der Waals surface area contributed by atoms with Gasteiger partial charge in [0, 0.05) is 24.0 Å². The van der Waals surface area contributed by atoms with E-state index in [0.717, 1.165) is 36.7 Å². The van der Waals surface area contributed by atoms with Gasteiger partial charge in [-0.05, 0) is 69.0 Å². The largest absolute Gasteiger partial charge is 0.338 e. The highest BCUT2D eigenvalue weighted by Crippen LogP contribution is 2.32. The number of nitrogens with zero attached hydrogens (tertiary/aromatic N) is 1. The molecule has 0 radical (unpaired) electrons. The normalized spacial score (nSPS) is 22.6. The van der Waals surface area contributed by atoms with E-state index in [2.05, 4.69) is 16.3 Å². The maximum atomic E-state index is 12.6. The molecular formula is C17H24N2OS. The fraction of sp³-hybridized carbons (Fsp3) is 0.706. The van der Waals surface area contributed by atoms with Gasteiger partial charge in [0.2, 0.25) is 0 Å². The lowest BCUT2D eigenvalue weighted by Crippen LogP contribution is -2.45. The molecule has 1 saturated carbocycles. The van der Waals surface area contributed by atoms with Crippen molar-refractivity contribution in [3.63, 3.8) is 0 Å². The molecule has 1 aromatic rings. The summed E-state index contributed by atoms with van der Waals surface area (Å²) in [5.41, 5.74) is 1.43. The first-order valence-electron chi connectivity index (χ1n) is 8.44. The lowest BCUT2D eigenvalue weighted by atomic mass is 10.0. The van der Waals surface area contributed by atoms with Gasteiger partial charge in [-0.1, -0.05) is 0 Å². The third-order valence-corrected chi connectivity index (χ3v) is 6.36. The second kappa shape index (κ2) is 5.73. The average Bonchev–Trinajstić information content (AvgIpc) is 3.09. The zero-order chi connectivity index (χ0) is 14.2. The molecule has 1 N–H and O–H groups in total. The van der Waals surface area contributed by atoms with E-state index >= 15 is 0 Å². The summed E-state index contributed by atoms with van der Waals surface area (Å²) in [5.74, 6) is 1.22. The number of nitrogens with one attached hydrogen (secondary N) is 1. The van der Waals surface area contributed by atoms with Crippen LogP contribution in [0, 0.1) is 5.92 Å². The monoisotopic (exact) mass is 304 g/mol. The van der Waals surface area contributed by atoms with Crippen LogP contribution in [0.25, 0.3) is 0 Å². The first-order chi connectivity index (χ1) is 10.3. The van der Waals surface area contributed by atoms with E-state index in [9.17, 15) is 4.79 Å². The molecule has 0 spiro atoms. The third kappa shape index (κ3) is 3.02. The number of fused-ring (bicyclic) bond motifs is 1. The zero-order valence-electron chi connectivity index (χ0n) is 12.6. The molecule has 4 heteroatoms. The molecule has 0 aromatic carbocycles. The number of hydrogen-bond acceptors (Lipinski definition) is 3. The van der Waals surface area contributed by atoms with E-state index in [0.29, 0.717) is 6.04 Å². The van der Waals surface area contributed by atoms with Crippen LogP contribution in [0.2, 0.25) is 0 Å². The standard InChI is InChI=1S/C17H24N2OS/c20-17(16-10-13-2-1-3-15(13)21-16)19-8-6-14(7-9-19)18-11-12-4-5-12/h10,12,14,18H,1-9,11H2. The molecule has 2 aliphatic carbocycles. The van der Waals surface area contributed by atoms with Gasteiger partial charge in [-0.25, -0.2) is 0 Å². The number of piperidine rings is 1. The average molecular weight is 304 g/mol. The van der Waals surface area contributed by atoms with E-state index in [-0.39, 0.29) is 5.91 Å². The van der Waals surface area contributed by atoms with Crippen molar-refractivity contribution < 1.29 is 4.79 Å². The fourth-order valence-electron chi connectivity index (χ4n) is 3.53. The first-order valence-corrected chi connectivity index (χ1v) is 9.25. The molecular weight excluding hydrogens is 280 g/mol. The Bertz CT molecular complexity index is 505. The van der Waals surface area contributed by atoms with Gasteiger partial charge in [-0.15, -0.1) is 11.3 Å². The lowest BCUT2D eigenvalue weighted by molar-refractivity contribution is 0.0710. The van der Waals surface area contributed by atoms with Gasteiger partial charge in [0.1, 0.15) is 0 Å². The number of thiophene rings is 1. The molecule has 1 aliphatic heterocycles. The number of amides is 1. The Labute approximate surface area is 130 Å². The van der Waals surface area contributed by atoms with Crippen molar-refractivity contribution in [2.75, 3.05) is 19.6 Å². The van der Waals surface area contributed by atoms with Crippen molar-refractivity contribution >= 4 is 17.2 Å². The molecule has 0 bridgehead atoms. The Morgan fingerprint density at radius 2 is 2.05 bits per heavy atom. The highest BCUT2D eigenvalue weighted by Gasteiger charge is 2.27. The van der Waals surface area contributed by atoms with Crippen LogP contribution in [-0.4, -0.2) is 36.5 Å². The molecule has 114 valence electrons. The van der Waals surface area contributed by atoms with Crippen molar-refractivity contribution in [1.29, 1.82) is 0 Å². The molecule has 1 saturated heterocycles. The van der Waals surface area contributed by atoms with E-state index < -0.39 is 0 Å². The number of hydrogen-bond donors (Lipinski definition) is 1. The van der Waals surface area contributed by atoms with Gasteiger partial charge < -0.3 is 10.2 Å². The van der Waals surface area contributed by atoms with Crippen LogP contribution in [-0.2, 0) is 12.8 Å². The van der Waals surface area contributed by atoms with Crippen molar-refractivity contribution in [2.24, 2.45) is 5.92 Å². The maximum absolute atomic E-state index is 12.6. The molecule has 0 atom stereocenters. The summed E-state index contributed by atoms with van der Waals surface area (Å²) in [5, 5.41) is 3.68. The smallest absolute Gasteiger partial charge is 0.263 e. The molecule has 0 unspecified atom stereocenters. The summed E-state index contributed by atoms with van der Waals surface area (Å²) < 4.78 is 0. The van der Waals surface area contributed by atoms with Gasteiger partial charge in [-0.2, -0.15) is 0 Å². The van der Waals surface area contributed by atoms with E-state index in [4.69, 9.17) is 0 Å². The number of carbonyl (C=O) groups is 1. The quantitative estimate of drug-likeness (QED) is 0.927. The fourth-order valence-corrected chi connectivity index (χ4v) is 4.75. The van der Waals surface area contributed by atoms with Crippen molar-refractivity contribution in [3.05, 3.63) is 21.4 Å². The van der Waals surface area contributed by atoms with Gasteiger partial charge >= 0.3 is 0 Å². The summed E-state index contributed by atoms with van der Waals surface area (Å²) in [7, 11) is 0. The molecule has 4 rings (SSSR count). The van der Waals surface area contributed by atoms with Gasteiger partial charge in [0.25, 0.3) is 5.91 Å². The van der Waals surface area contributed by atoms with E-state index in [1.807, 2.05) is 0 Å². The minimum absolute atomic E-state index is 0.273. The van der Waals surface area contributed by atoms with E-state index in [1.165, 1.54) is 49.1 Å². The number of rotatable bonds is 4. The predicted octanol–water partition coefficient (Wildman–Crippen LogP) is 2.84. The van der Waals surface area contributed by atoms with Gasteiger partial charge in [0.05, 0.1) is 4.88 Å².